The number of nitrogens with two attached hydrogens (primary N) is 1. The number of carbonyl (C=O) groups excluding carboxylic acids is 1. The number of hydrogen-bond donors (Lipinski definition) is 2. The first-order valence-corrected chi connectivity index (χ1v) is 6.11. The zero-order valence-electron chi connectivity index (χ0n) is 11.1. The molecule has 1 aliphatic carbocycles. The Hall–Kier alpha value is -2.01. The lowest BCUT2D eigenvalue weighted by Gasteiger charge is -2.14. The summed E-state index contributed by atoms with van der Waals surface area (Å²) in [7, 11) is 3.13. The second kappa shape index (κ2) is 5.75. The zero-order chi connectivity index (χ0) is 13.8. The van der Waals surface area contributed by atoms with Crippen LogP contribution in [0.2, 0.25) is 0 Å². The number of anilines is 1. The summed E-state index contributed by atoms with van der Waals surface area (Å²) in [5, 5.41) is 2.85. The van der Waals surface area contributed by atoms with Crippen LogP contribution >= 0.6 is 0 Å². The van der Waals surface area contributed by atoms with Crippen LogP contribution < -0.4 is 20.5 Å². The molecule has 2 rings (SSSR count). The highest BCUT2D eigenvalue weighted by Crippen LogP contribution is 2.30. The molecule has 0 heterocycles. The van der Waals surface area contributed by atoms with Gasteiger partial charge in [0.25, 0.3) is 0 Å². The summed E-state index contributed by atoms with van der Waals surface area (Å²) < 4.78 is 10.3. The molecule has 0 saturated heterocycles. The Labute approximate surface area is 112 Å². The predicted octanol–water partition coefficient (Wildman–Crippen LogP) is 1.55. The van der Waals surface area contributed by atoms with Crippen LogP contribution in [0.3, 0.4) is 0 Å². The van der Waals surface area contributed by atoms with E-state index in [0.29, 0.717) is 23.6 Å². The molecule has 5 nitrogen and oxygen atoms in total. The Morgan fingerprint density at radius 2 is 2.11 bits per heavy atom. The molecule has 0 saturated carbocycles. The third kappa shape index (κ3) is 3.06. The Kier molecular flexibility index (Phi) is 4.06. The Morgan fingerprint density at radius 3 is 2.68 bits per heavy atom. The molecule has 0 aromatic heterocycles. The van der Waals surface area contributed by atoms with Crippen molar-refractivity contribution in [3.63, 3.8) is 0 Å². The van der Waals surface area contributed by atoms with Gasteiger partial charge in [-0.1, -0.05) is 12.2 Å². The van der Waals surface area contributed by atoms with E-state index in [9.17, 15) is 4.79 Å². The molecule has 102 valence electrons. The smallest absolute Gasteiger partial charge is 0.231 e. The van der Waals surface area contributed by atoms with Crippen LogP contribution in [-0.4, -0.2) is 26.2 Å². The van der Waals surface area contributed by atoms with Crippen molar-refractivity contribution in [1.82, 2.24) is 0 Å². The molecule has 0 spiro atoms. The molecule has 0 fully saturated rings. The van der Waals surface area contributed by atoms with Gasteiger partial charge in [-0.15, -0.1) is 0 Å². The number of methoxy groups -OCH3 is 2. The summed E-state index contributed by atoms with van der Waals surface area (Å²) in [5.41, 5.74) is 6.37. The maximum atomic E-state index is 12.1. The number of benzene rings is 1. The Balaban J connectivity index is 2.10. The summed E-state index contributed by atoms with van der Waals surface area (Å²) in [4.78, 5) is 12.1. The lowest BCUT2D eigenvalue weighted by atomic mass is 10.1. The minimum Gasteiger partial charge on any atom is -0.497 e. The average molecular weight is 262 g/mol. The van der Waals surface area contributed by atoms with Crippen molar-refractivity contribution in [2.45, 2.75) is 12.5 Å². The number of rotatable bonds is 4. The molecule has 1 aromatic rings. The van der Waals surface area contributed by atoms with Crippen molar-refractivity contribution in [3.8, 4) is 11.5 Å². The monoisotopic (exact) mass is 262 g/mol. The van der Waals surface area contributed by atoms with Crippen LogP contribution in [0.5, 0.6) is 11.5 Å². The molecule has 0 radical (unpaired) electrons. The summed E-state index contributed by atoms with van der Waals surface area (Å²) in [6.45, 7) is 0. The van der Waals surface area contributed by atoms with E-state index in [4.69, 9.17) is 15.2 Å². The summed E-state index contributed by atoms with van der Waals surface area (Å²) >= 11 is 0. The highest BCUT2D eigenvalue weighted by Gasteiger charge is 2.23. The van der Waals surface area contributed by atoms with Crippen molar-refractivity contribution in [1.29, 1.82) is 0 Å². The van der Waals surface area contributed by atoms with Gasteiger partial charge < -0.3 is 20.5 Å². The fourth-order valence-corrected chi connectivity index (χ4v) is 2.05. The van der Waals surface area contributed by atoms with Gasteiger partial charge in [-0.25, -0.2) is 0 Å². The second-order valence-corrected chi connectivity index (χ2v) is 4.45. The molecule has 2 atom stereocenters. The molecule has 1 aliphatic rings. The van der Waals surface area contributed by atoms with Crippen LogP contribution in [0.25, 0.3) is 0 Å². The van der Waals surface area contributed by atoms with Gasteiger partial charge in [0.2, 0.25) is 5.91 Å². The van der Waals surface area contributed by atoms with Crippen molar-refractivity contribution in [3.05, 3.63) is 30.4 Å². The summed E-state index contributed by atoms with van der Waals surface area (Å²) in [5.74, 6) is 0.992. The van der Waals surface area contributed by atoms with Crippen LogP contribution in [0.15, 0.2) is 30.4 Å². The minimum atomic E-state index is -0.179. The van der Waals surface area contributed by atoms with Crippen molar-refractivity contribution < 1.29 is 14.3 Å². The normalized spacial score (nSPS) is 21.2. The minimum absolute atomic E-state index is 0.0338. The Morgan fingerprint density at radius 1 is 1.32 bits per heavy atom. The first-order valence-electron chi connectivity index (χ1n) is 6.11. The molecular weight excluding hydrogens is 244 g/mol. The summed E-state index contributed by atoms with van der Waals surface area (Å²) in [6.07, 6.45) is 4.34. The predicted molar refractivity (Wildman–Crippen MR) is 73.4 cm³/mol. The van der Waals surface area contributed by atoms with E-state index in [1.54, 1.807) is 32.4 Å². The topological polar surface area (TPSA) is 73.6 Å². The number of amides is 1. The third-order valence-corrected chi connectivity index (χ3v) is 3.12. The fraction of sp³-hybridized carbons (Fsp3) is 0.357. The standard InChI is InChI=1S/C14H18N2O3/c1-18-11-5-6-12(13(8-11)19-2)16-14(17)9-3-4-10(15)7-9/h3-6,8-10H,7,15H2,1-2H3,(H,16,17). The molecule has 0 bridgehead atoms. The van der Waals surface area contributed by atoms with E-state index in [0.717, 1.165) is 0 Å². The van der Waals surface area contributed by atoms with Gasteiger partial charge in [0.15, 0.2) is 0 Å². The molecule has 1 aromatic carbocycles. The van der Waals surface area contributed by atoms with Crippen LogP contribution in [0.1, 0.15) is 6.42 Å². The van der Waals surface area contributed by atoms with Crippen molar-refractivity contribution in [2.75, 3.05) is 19.5 Å². The maximum Gasteiger partial charge on any atom is 0.231 e. The number of nitrogens with one attached hydrogen (secondary N) is 1. The maximum absolute atomic E-state index is 12.1. The van der Waals surface area contributed by atoms with Gasteiger partial charge in [0, 0.05) is 12.1 Å². The molecule has 2 unspecified atom stereocenters. The molecule has 3 N–H and O–H groups in total. The van der Waals surface area contributed by atoms with E-state index in [1.807, 2.05) is 12.2 Å². The van der Waals surface area contributed by atoms with E-state index in [2.05, 4.69) is 5.32 Å². The first kappa shape index (κ1) is 13.4. The molecule has 19 heavy (non-hydrogen) atoms. The largest absolute Gasteiger partial charge is 0.497 e. The van der Waals surface area contributed by atoms with Crippen LogP contribution in [0, 0.1) is 5.92 Å². The van der Waals surface area contributed by atoms with E-state index in [1.165, 1.54) is 0 Å². The lowest BCUT2D eigenvalue weighted by molar-refractivity contribution is -0.118. The van der Waals surface area contributed by atoms with Gasteiger partial charge in [-0.05, 0) is 18.6 Å². The van der Waals surface area contributed by atoms with E-state index >= 15 is 0 Å². The van der Waals surface area contributed by atoms with Crippen LogP contribution in [0.4, 0.5) is 5.69 Å². The fourth-order valence-electron chi connectivity index (χ4n) is 2.05. The van der Waals surface area contributed by atoms with Gasteiger partial charge >= 0.3 is 0 Å². The number of hydrogen-bond acceptors (Lipinski definition) is 4. The molecular formula is C14H18N2O3. The number of ether oxygens (including phenoxy) is 2. The molecule has 5 heteroatoms. The molecule has 1 amide bonds. The van der Waals surface area contributed by atoms with Gasteiger partial charge in [-0.3, -0.25) is 4.79 Å². The SMILES string of the molecule is COc1ccc(NC(=O)C2C=CC(N)C2)c(OC)c1. The van der Waals surface area contributed by atoms with Gasteiger partial charge in [-0.2, -0.15) is 0 Å². The lowest BCUT2D eigenvalue weighted by Crippen LogP contribution is -2.24. The van der Waals surface area contributed by atoms with Gasteiger partial charge in [0.1, 0.15) is 11.5 Å². The summed E-state index contributed by atoms with van der Waals surface area (Å²) in [6, 6.07) is 5.22. The van der Waals surface area contributed by atoms with Crippen LogP contribution in [-0.2, 0) is 4.79 Å². The van der Waals surface area contributed by atoms with Gasteiger partial charge in [0.05, 0.1) is 25.8 Å². The quantitative estimate of drug-likeness (QED) is 0.807. The highest BCUT2D eigenvalue weighted by molar-refractivity contribution is 5.95. The zero-order valence-corrected chi connectivity index (χ0v) is 11.1. The molecule has 0 aliphatic heterocycles. The van der Waals surface area contributed by atoms with Crippen molar-refractivity contribution >= 4 is 11.6 Å². The Bertz CT molecular complexity index is 499. The highest BCUT2D eigenvalue weighted by atomic mass is 16.5. The second-order valence-electron chi connectivity index (χ2n) is 4.45. The number of carbonyl (C=O) groups is 1. The third-order valence-electron chi connectivity index (χ3n) is 3.12. The van der Waals surface area contributed by atoms with E-state index < -0.39 is 0 Å². The van der Waals surface area contributed by atoms with E-state index in [-0.39, 0.29) is 17.9 Å². The average Bonchev–Trinajstić information content (AvgIpc) is 2.86. The van der Waals surface area contributed by atoms with Crippen molar-refractivity contribution in [2.24, 2.45) is 11.7 Å². The first-order chi connectivity index (χ1) is 9.13.